The van der Waals surface area contributed by atoms with Crippen LogP contribution >= 0.6 is 0 Å². The van der Waals surface area contributed by atoms with Crippen LogP contribution in [0.4, 0.5) is 0 Å². The summed E-state index contributed by atoms with van der Waals surface area (Å²) in [5, 5.41) is 31.9. The molecule has 4 aliphatic carbocycles. The Morgan fingerprint density at radius 3 is 2.23 bits per heavy atom. The quantitative estimate of drug-likeness (QED) is 0.0634. The molecule has 0 saturated heterocycles. The lowest BCUT2D eigenvalue weighted by atomic mass is 9.48. The van der Waals surface area contributed by atoms with Crippen molar-refractivity contribution in [3.05, 3.63) is 10.1 Å². The van der Waals surface area contributed by atoms with E-state index in [1.165, 1.54) is 19.3 Å². The summed E-state index contributed by atoms with van der Waals surface area (Å²) in [6.07, 6.45) is 7.68. The molecule has 4 bridgehead atoms. The molecule has 4 aliphatic rings. The summed E-state index contributed by atoms with van der Waals surface area (Å²) in [5.41, 5.74) is 6.91. The van der Waals surface area contributed by atoms with Crippen molar-refractivity contribution in [1.82, 2.24) is 10.7 Å². The molecule has 0 aromatic rings. The highest BCUT2D eigenvalue weighted by atomic mass is 16.7. The molecule has 6 N–H and O–H groups in total. The number of nitrogens with zero attached hydrogens (tertiary/aromatic N) is 2. The summed E-state index contributed by atoms with van der Waals surface area (Å²) in [6.45, 7) is 4.02. The van der Waals surface area contributed by atoms with Gasteiger partial charge in [-0.3, -0.25) is 9.59 Å². The fourth-order valence-electron chi connectivity index (χ4n) is 6.95. The minimum absolute atomic E-state index is 0.111. The van der Waals surface area contributed by atoms with E-state index >= 15 is 0 Å². The minimum atomic E-state index is -1.70. The van der Waals surface area contributed by atoms with Crippen LogP contribution in [0, 0.1) is 45.1 Å². The number of ketones is 1. The largest absolute Gasteiger partial charge is 0.475 e. The highest BCUT2D eigenvalue weighted by molar-refractivity contribution is 6.43. The Hall–Kier alpha value is -2.21. The SMILES string of the molecule is CC(C)C[C@H](NC(=O)[C@H](CCCN=C(N)N[N+](=O)[O-])CC(=O)C12CC3CC(CC(C3)C1)C2)B(O)O. The van der Waals surface area contributed by atoms with Gasteiger partial charge >= 0.3 is 7.12 Å². The molecule has 0 unspecified atom stereocenters. The first-order valence-electron chi connectivity index (χ1n) is 12.9. The molecule has 4 fully saturated rings. The maximum atomic E-state index is 13.7. The van der Waals surface area contributed by atoms with Crippen LogP contribution < -0.4 is 16.5 Å². The maximum Gasteiger partial charge on any atom is 0.475 e. The molecular weight excluding hydrogens is 453 g/mol. The summed E-state index contributed by atoms with van der Waals surface area (Å²) in [4.78, 5) is 41.3. The smallest absolute Gasteiger partial charge is 0.426 e. The van der Waals surface area contributed by atoms with Crippen molar-refractivity contribution in [3.63, 3.8) is 0 Å². The number of amides is 1. The monoisotopic (exact) mass is 493 g/mol. The van der Waals surface area contributed by atoms with Crippen molar-refractivity contribution in [2.24, 2.45) is 45.7 Å². The number of carbonyl (C=O) groups is 2. The van der Waals surface area contributed by atoms with E-state index in [4.69, 9.17) is 5.73 Å². The molecule has 4 saturated carbocycles. The van der Waals surface area contributed by atoms with Gasteiger partial charge in [0.15, 0.2) is 5.03 Å². The first-order valence-corrected chi connectivity index (χ1v) is 12.9. The van der Waals surface area contributed by atoms with Gasteiger partial charge in [0.25, 0.3) is 5.96 Å². The van der Waals surface area contributed by atoms with Gasteiger partial charge in [0.1, 0.15) is 5.78 Å². The summed E-state index contributed by atoms with van der Waals surface area (Å²) in [5.74, 6) is -0.0125. The third-order valence-corrected chi connectivity index (χ3v) is 8.04. The van der Waals surface area contributed by atoms with Gasteiger partial charge in [0, 0.05) is 24.3 Å². The van der Waals surface area contributed by atoms with Gasteiger partial charge in [0.05, 0.1) is 5.94 Å². The highest BCUT2D eigenvalue weighted by Gasteiger charge is 2.54. The van der Waals surface area contributed by atoms with E-state index in [0.717, 1.165) is 19.3 Å². The third-order valence-electron chi connectivity index (χ3n) is 8.04. The van der Waals surface area contributed by atoms with Crippen LogP contribution in [0.1, 0.15) is 78.1 Å². The molecule has 11 nitrogen and oxygen atoms in total. The zero-order chi connectivity index (χ0) is 25.8. The number of nitrogens with two attached hydrogens (primary N) is 1. The minimum Gasteiger partial charge on any atom is -0.426 e. The summed E-state index contributed by atoms with van der Waals surface area (Å²) < 4.78 is 0. The number of rotatable bonds is 13. The fraction of sp³-hybridized carbons (Fsp3) is 0.870. The molecule has 0 heterocycles. The number of hydrazine groups is 1. The third kappa shape index (κ3) is 7.39. The summed E-state index contributed by atoms with van der Waals surface area (Å²) in [6, 6.07) is 0. The standard InChI is InChI=1S/C23H40BN5O6/c1-14(2)6-20(24(32)33)27-21(31)18(4-3-5-26-22(25)28-29(34)35)10-19(30)23-11-15-7-16(12-23)9-17(8-15)13-23/h14-18,20,32-33H,3-13H2,1-2H3,(H,27,31)(H3,25,26,28)/t15?,16?,17?,18-,20+,23?/m1/s1. The van der Waals surface area contributed by atoms with Crippen molar-refractivity contribution in [2.45, 2.75) is 84.0 Å². The van der Waals surface area contributed by atoms with Gasteiger partial charge in [-0.15, -0.1) is 0 Å². The average Bonchev–Trinajstić information content (AvgIpc) is 2.73. The molecule has 0 radical (unpaired) electrons. The van der Waals surface area contributed by atoms with E-state index in [9.17, 15) is 29.8 Å². The zero-order valence-electron chi connectivity index (χ0n) is 20.8. The summed E-state index contributed by atoms with van der Waals surface area (Å²) >= 11 is 0. The summed E-state index contributed by atoms with van der Waals surface area (Å²) in [7, 11) is -1.70. The van der Waals surface area contributed by atoms with E-state index in [1.807, 2.05) is 13.8 Å². The van der Waals surface area contributed by atoms with E-state index in [1.54, 1.807) is 5.43 Å². The van der Waals surface area contributed by atoms with Crippen molar-refractivity contribution >= 4 is 24.8 Å². The number of hydrogen-bond acceptors (Lipinski definition) is 7. The number of nitrogens with one attached hydrogen (secondary N) is 2. The molecule has 1 amide bonds. The van der Waals surface area contributed by atoms with Crippen molar-refractivity contribution in [3.8, 4) is 0 Å². The first kappa shape index (κ1) is 27.4. The lowest BCUT2D eigenvalue weighted by Gasteiger charge is -2.56. The number of nitro groups is 1. The lowest BCUT2D eigenvalue weighted by molar-refractivity contribution is -0.525. The van der Waals surface area contributed by atoms with Crippen LogP contribution in [0.25, 0.3) is 0 Å². The van der Waals surface area contributed by atoms with Crippen molar-refractivity contribution in [2.75, 3.05) is 6.54 Å². The number of aliphatic imine (C=N–C) groups is 1. The normalized spacial score (nSPS) is 29.1. The lowest BCUT2D eigenvalue weighted by Crippen LogP contribution is -2.52. The van der Waals surface area contributed by atoms with Crippen molar-refractivity contribution < 1.29 is 24.7 Å². The van der Waals surface area contributed by atoms with Gasteiger partial charge in [-0.05, 0) is 81.5 Å². The van der Waals surface area contributed by atoms with E-state index in [-0.39, 0.29) is 41.9 Å². The van der Waals surface area contributed by atoms with Gasteiger partial charge in [-0.25, -0.2) is 15.1 Å². The number of carbonyl (C=O) groups excluding carboxylic acids is 2. The zero-order valence-corrected chi connectivity index (χ0v) is 20.8. The molecule has 0 aromatic heterocycles. The van der Waals surface area contributed by atoms with E-state index in [2.05, 4.69) is 10.3 Å². The average molecular weight is 493 g/mol. The van der Waals surface area contributed by atoms with Gasteiger partial charge in [-0.1, -0.05) is 19.3 Å². The molecule has 0 aromatic carbocycles. The Morgan fingerprint density at radius 1 is 1.17 bits per heavy atom. The second kappa shape index (κ2) is 11.7. The van der Waals surface area contributed by atoms with Crippen molar-refractivity contribution in [1.29, 1.82) is 0 Å². The van der Waals surface area contributed by atoms with Gasteiger partial charge < -0.3 is 21.1 Å². The van der Waals surface area contributed by atoms with E-state index in [0.29, 0.717) is 37.0 Å². The van der Waals surface area contributed by atoms with Gasteiger partial charge in [-0.2, -0.15) is 0 Å². The number of Topliss-reactive ketones (excluding diaryl/α,β-unsaturated/α-hetero) is 1. The van der Waals surface area contributed by atoms with Crippen LogP contribution in [0.5, 0.6) is 0 Å². The second-order valence-electron chi connectivity index (χ2n) is 11.5. The van der Waals surface area contributed by atoms with Crippen LogP contribution in [0.3, 0.4) is 0 Å². The van der Waals surface area contributed by atoms with E-state index < -0.39 is 24.0 Å². The molecule has 35 heavy (non-hydrogen) atoms. The predicted octanol–water partition coefficient (Wildman–Crippen LogP) is 1.20. The second-order valence-corrected chi connectivity index (χ2v) is 11.5. The molecule has 12 heteroatoms. The molecule has 2 atom stereocenters. The van der Waals surface area contributed by atoms with Crippen LogP contribution in [0.2, 0.25) is 0 Å². The Balaban J connectivity index is 1.67. The van der Waals surface area contributed by atoms with Crippen LogP contribution in [0.15, 0.2) is 4.99 Å². The number of hydrogen-bond donors (Lipinski definition) is 5. The first-order chi connectivity index (χ1) is 16.5. The Bertz CT molecular complexity index is 785. The Morgan fingerprint density at radius 2 is 1.74 bits per heavy atom. The topological polar surface area (TPSA) is 180 Å². The molecule has 0 aliphatic heterocycles. The molecular formula is C23H40BN5O6. The highest BCUT2D eigenvalue weighted by Crippen LogP contribution is 2.60. The molecule has 196 valence electrons. The molecule has 0 spiro atoms. The predicted molar refractivity (Wildman–Crippen MR) is 131 cm³/mol. The fourth-order valence-corrected chi connectivity index (χ4v) is 6.95. The Labute approximate surface area is 207 Å². The van der Waals surface area contributed by atoms with Crippen LogP contribution in [-0.4, -0.2) is 52.3 Å². The van der Waals surface area contributed by atoms with Crippen LogP contribution in [-0.2, 0) is 9.59 Å². The number of guanidine groups is 1. The molecule has 4 rings (SSSR count). The van der Waals surface area contributed by atoms with Gasteiger partial charge in [0.2, 0.25) is 5.91 Å². The Kier molecular flexibility index (Phi) is 9.14. The maximum absolute atomic E-state index is 13.7.